The van der Waals surface area contributed by atoms with Crippen LogP contribution in [0.15, 0.2) is 121 Å². The SMILES string of the molecule is C.CC(=O)OCC1OC(OC(C)=O)C(OC(C)=O)C(OC(C)=O)C1OC(C)=O.CCSC1OC(CO)C(O)C(O)C1O.CCSC1OC(COC(C)=O)C(OC(C)=O)C(OC(C)=O)C1OC(C)=O.CCSC1OC(COCc2ccccc2)C(OCc2ccccc2)C(OCc2ccccc2)C1OCc1ccccc1.CO.C[O-].[BH3-]B([BH3-])[BH3-].[B]B([B])[B].[Cl][Zr]([Cl])([Cl])[Cl].[H-].[Na+].[Na+]. The third-order valence-electron chi connectivity index (χ3n) is 15.9. The average molecular weight is 2050 g/mol. The molecular formula is C79H123B8Cl4Na2O32S3Zr-3. The van der Waals surface area contributed by atoms with Crippen molar-refractivity contribution in [1.82, 2.24) is 0 Å². The number of hydrogen-bond donors (Lipinski definition) is 5. The molecular weight excluding hydrogens is 1920 g/mol. The molecule has 129 heavy (non-hydrogen) atoms. The van der Waals surface area contributed by atoms with Gasteiger partial charge >= 0.3 is 162 Å². The second kappa shape index (κ2) is 76.2. The molecule has 20 unspecified atom stereocenters. The number of aliphatic hydroxyl groups is 5. The van der Waals surface area contributed by atoms with E-state index in [0.717, 1.165) is 106 Å². The molecule has 0 aliphatic carbocycles. The van der Waals surface area contributed by atoms with Gasteiger partial charge in [-0.3, -0.25) is 43.2 Å². The Kier molecular flexibility index (Phi) is 78.2. The van der Waals surface area contributed by atoms with Crippen molar-refractivity contribution in [2.24, 2.45) is 0 Å². The summed E-state index contributed by atoms with van der Waals surface area (Å²) in [6.07, 6.45) is -15.7. The monoisotopic (exact) mass is 2040 g/mol. The number of ether oxygens (including phenoxy) is 17. The van der Waals surface area contributed by atoms with Crippen molar-refractivity contribution in [3.63, 3.8) is 0 Å². The fourth-order valence-electron chi connectivity index (χ4n) is 11.3. The maximum Gasteiger partial charge on any atom is 1.00 e. The molecule has 5 N–H and O–H groups in total. The quantitative estimate of drug-likeness (QED) is 0.0191. The van der Waals surface area contributed by atoms with Gasteiger partial charge in [-0.05, 0) is 39.5 Å². The summed E-state index contributed by atoms with van der Waals surface area (Å²) in [7, 11) is 38.6. The van der Waals surface area contributed by atoms with Gasteiger partial charge < -0.3 is 119 Å². The summed E-state index contributed by atoms with van der Waals surface area (Å²) < 4.78 is 95.8. The van der Waals surface area contributed by atoms with Crippen LogP contribution >= 0.6 is 69.3 Å². The maximum absolute atomic E-state index is 11.6. The summed E-state index contributed by atoms with van der Waals surface area (Å²) >= 11 is 1.09. The van der Waals surface area contributed by atoms with Crippen molar-refractivity contribution in [3.8, 4) is 0 Å². The first-order valence-electron chi connectivity index (χ1n) is 37.9. The normalized spacial score (nSPS) is 24.2. The molecule has 0 amide bonds. The molecule has 0 spiro atoms. The molecule has 6 radical (unpaired) electrons. The molecule has 4 heterocycles. The molecule has 50 heteroatoms. The molecule has 4 aliphatic rings. The topological polar surface area (TPSA) is 435 Å². The first kappa shape index (κ1) is 132. The second-order valence-electron chi connectivity index (χ2n) is 25.6. The predicted octanol–water partition coefficient (Wildman–Crippen LogP) is -2.93. The molecule has 710 valence electrons. The van der Waals surface area contributed by atoms with Crippen molar-refractivity contribution in [2.45, 2.75) is 237 Å². The van der Waals surface area contributed by atoms with E-state index >= 15 is 0 Å². The van der Waals surface area contributed by atoms with Gasteiger partial charge in [0.15, 0.2) is 30.5 Å². The minimum atomic E-state index is -3.29. The van der Waals surface area contributed by atoms with Gasteiger partial charge in [0.1, 0.15) is 90.6 Å². The molecule has 0 saturated carbocycles. The number of esters is 9. The maximum atomic E-state index is 11.6. The molecule has 20 atom stereocenters. The van der Waals surface area contributed by atoms with Gasteiger partial charge in [-0.15, -0.1) is 58.5 Å². The van der Waals surface area contributed by atoms with Crippen LogP contribution < -0.4 is 64.2 Å². The van der Waals surface area contributed by atoms with Crippen LogP contribution in [0, 0.1) is 0 Å². The van der Waals surface area contributed by atoms with E-state index in [2.05, 4.69) is 78.7 Å². The Morgan fingerprint density at radius 1 is 0.403 bits per heavy atom. The van der Waals surface area contributed by atoms with Gasteiger partial charge in [-0.25, -0.2) is 0 Å². The second-order valence-corrected chi connectivity index (χ2v) is 52.2. The van der Waals surface area contributed by atoms with E-state index < -0.39 is 179 Å². The zero-order valence-corrected chi connectivity index (χ0v) is 84.7. The van der Waals surface area contributed by atoms with Crippen LogP contribution in [0.3, 0.4) is 0 Å². The van der Waals surface area contributed by atoms with E-state index in [9.17, 15) is 58.5 Å². The van der Waals surface area contributed by atoms with Crippen LogP contribution in [-0.2, 0) is 166 Å². The van der Waals surface area contributed by atoms with E-state index in [1.54, 1.807) is 18.1 Å². The van der Waals surface area contributed by atoms with Gasteiger partial charge in [0.05, 0.1) is 39.6 Å². The number of benzene rings is 4. The van der Waals surface area contributed by atoms with Gasteiger partial charge in [0.25, 0.3) is 0 Å². The van der Waals surface area contributed by atoms with Crippen molar-refractivity contribution in [1.29, 1.82) is 0 Å². The number of carbonyl (C=O) groups excluding carboxylic acids is 9. The first-order valence-corrected chi connectivity index (χ1v) is 53.7. The third kappa shape index (κ3) is 59.1. The summed E-state index contributed by atoms with van der Waals surface area (Å²) in [6.45, 7) is 17.5. The minimum absolute atomic E-state index is 0. The van der Waals surface area contributed by atoms with Crippen LogP contribution in [0.2, 0.25) is 0 Å². The predicted molar refractivity (Wildman–Crippen MR) is 498 cm³/mol. The average Bonchev–Trinajstić information content (AvgIpc) is 0.811. The number of aliphatic hydroxyl groups excluding tert-OH is 5. The van der Waals surface area contributed by atoms with Crippen molar-refractivity contribution in [2.75, 3.05) is 57.9 Å². The van der Waals surface area contributed by atoms with E-state index in [-0.39, 0.29) is 105 Å². The molecule has 0 aromatic heterocycles. The number of hydrogen-bond acceptors (Lipinski definition) is 35. The zero-order chi connectivity index (χ0) is 95.8. The summed E-state index contributed by atoms with van der Waals surface area (Å²) in [5, 5.41) is 52.5. The smallest absolute Gasteiger partial charge is 1.00 e. The fraction of sp³-hybridized carbons (Fsp3) is 0.582. The number of carbonyl (C=O) groups is 9. The Morgan fingerprint density at radius 2 is 0.674 bits per heavy atom. The zero-order valence-electron chi connectivity index (χ0n) is 73.8. The van der Waals surface area contributed by atoms with Crippen molar-refractivity contribution < 1.29 is 230 Å². The molecule has 4 aromatic carbocycles. The van der Waals surface area contributed by atoms with Crippen LogP contribution in [-0.4, -0.2) is 317 Å². The van der Waals surface area contributed by atoms with E-state index in [1.807, 2.05) is 86.6 Å². The molecule has 0 bridgehead atoms. The van der Waals surface area contributed by atoms with Gasteiger partial charge in [-0.1, -0.05) is 150 Å². The van der Waals surface area contributed by atoms with Crippen LogP contribution in [0.1, 0.15) is 114 Å². The number of thioether (sulfide) groups is 3. The number of halogens is 4. The molecule has 32 nitrogen and oxygen atoms in total. The molecule has 8 rings (SSSR count). The molecule has 4 saturated heterocycles. The summed E-state index contributed by atoms with van der Waals surface area (Å²) in [5.74, 6) is -3.91. The Balaban J connectivity index is -0.000000521. The largest absolute Gasteiger partial charge is 1.00 e. The van der Waals surface area contributed by atoms with E-state index in [1.165, 1.54) is 51.2 Å². The van der Waals surface area contributed by atoms with E-state index in [4.69, 9.17) is 130 Å². The Labute approximate surface area is 843 Å². The molecule has 4 fully saturated rings. The number of rotatable bonds is 31. The van der Waals surface area contributed by atoms with Gasteiger partial charge in [0.2, 0.25) is 12.4 Å². The Bertz CT molecular complexity index is 3680. The van der Waals surface area contributed by atoms with E-state index in [0.29, 0.717) is 38.8 Å². The van der Waals surface area contributed by atoms with Crippen LogP contribution in [0.4, 0.5) is 0 Å². The van der Waals surface area contributed by atoms with Crippen LogP contribution in [0.25, 0.3) is 0 Å². The Morgan fingerprint density at radius 3 is 1.01 bits per heavy atom. The van der Waals surface area contributed by atoms with Crippen LogP contribution in [0.5, 0.6) is 0 Å². The fourth-order valence-corrected chi connectivity index (χ4v) is 14.2. The standard InChI is InChI=1S/C36H40O5S.C16H22O11.C16H24O9S.C8H16O5S.CH4O.CH3O.CH4.B4H9.B4.4ClH.2Na.Zr.H/c1-2-42-36-35(40-26-31-21-13-6-14-22-31)34(39-25-30-19-11-5-12-20-30)33(38-24-29-17-9-4-10-18-29)32(41-36)27-37-23-28-15-7-3-8-16-28;1-7(17)22-6-12-13(23-8(2)18)14(24-9(3)19)15(25-10(4)20)16(27-12)26-11(5)21;1-6-26-16-15(24-11(5)20)14(23-10(4)19)13(22-9(3)18)12(25-16)7-21-8(2)17;1-2-14-8-7(12)6(11)5(10)4(3-9)13-8;2*1-2;;2*1-4(2)3;;;;;;;;/h3-22,32-36H,2,23-27H2,1H3;12-16H,6H2,1-5H3;12-16H,6-7H2,1-5H3;4-12H,2-3H2,1H3;2H,1H3;1H3;1H4;1-3H3;;4*1H;;;;/q;;;;;-1;;-3;;;;;;2*+1;+4;-1/p-4. The van der Waals surface area contributed by atoms with Crippen molar-refractivity contribution in [3.05, 3.63) is 144 Å². The summed E-state index contributed by atoms with van der Waals surface area (Å²) in [5.41, 5.74) is 2.90. The van der Waals surface area contributed by atoms with Gasteiger partial charge in [-0.2, -0.15) is 7.11 Å². The minimum Gasteiger partial charge on any atom is -1.00 e. The van der Waals surface area contributed by atoms with Crippen molar-refractivity contribution >= 4 is 182 Å². The summed E-state index contributed by atoms with van der Waals surface area (Å²) in [4.78, 5) is 103. The third-order valence-corrected chi connectivity index (χ3v) is 19.0. The molecule has 4 aromatic rings. The Hall–Kier alpha value is -2.84. The summed E-state index contributed by atoms with van der Waals surface area (Å²) in [6, 6.07) is 40.9. The van der Waals surface area contributed by atoms with Gasteiger partial charge in [0, 0.05) is 99.0 Å². The first-order chi connectivity index (χ1) is 59.5. The molecule has 4 aliphatic heterocycles.